The monoisotopic (exact) mass is 144 g/mol. The predicted molar refractivity (Wildman–Crippen MR) is 41.7 cm³/mol. The van der Waals surface area contributed by atoms with Crippen LogP contribution in [0.2, 0.25) is 0 Å². The van der Waals surface area contributed by atoms with Gasteiger partial charge in [0.05, 0.1) is 12.2 Å². The average Bonchev–Trinajstić information content (AvgIpc) is 1.82. The lowest BCUT2D eigenvalue weighted by Gasteiger charge is -2.08. The first-order valence-corrected chi connectivity index (χ1v) is 3.64. The highest BCUT2D eigenvalue weighted by atomic mass is 16.3. The number of hydrogen-bond donors (Lipinski definition) is 2. The van der Waals surface area contributed by atoms with Gasteiger partial charge in [0.25, 0.3) is 0 Å². The molecule has 0 heterocycles. The number of allylic oxidation sites excluding steroid dienone is 1. The molecule has 60 valence electrons. The third-order valence-electron chi connectivity index (χ3n) is 1.26. The van der Waals surface area contributed by atoms with Crippen LogP contribution in [0.4, 0.5) is 0 Å². The van der Waals surface area contributed by atoms with Crippen LogP contribution in [-0.4, -0.2) is 22.4 Å². The van der Waals surface area contributed by atoms with Gasteiger partial charge >= 0.3 is 0 Å². The van der Waals surface area contributed by atoms with E-state index in [1.165, 1.54) is 0 Å². The number of rotatable bonds is 4. The van der Waals surface area contributed by atoms with Crippen molar-refractivity contribution in [3.8, 4) is 0 Å². The molecule has 10 heavy (non-hydrogen) atoms. The molecule has 0 radical (unpaired) electrons. The fourth-order valence-corrected chi connectivity index (χ4v) is 0.783. The van der Waals surface area contributed by atoms with E-state index in [1.807, 2.05) is 19.1 Å². The molecule has 0 aromatic heterocycles. The van der Waals surface area contributed by atoms with Gasteiger partial charge in [-0.15, -0.1) is 0 Å². The summed E-state index contributed by atoms with van der Waals surface area (Å²) in [5, 5.41) is 18.0. The number of aliphatic hydroxyl groups excluding tert-OH is 2. The van der Waals surface area contributed by atoms with Crippen molar-refractivity contribution < 1.29 is 10.2 Å². The molecule has 0 aromatic carbocycles. The van der Waals surface area contributed by atoms with Crippen molar-refractivity contribution in [1.29, 1.82) is 0 Å². The van der Waals surface area contributed by atoms with E-state index in [0.29, 0.717) is 12.8 Å². The van der Waals surface area contributed by atoms with E-state index in [-0.39, 0.29) is 0 Å². The van der Waals surface area contributed by atoms with Gasteiger partial charge < -0.3 is 10.2 Å². The maximum atomic E-state index is 9.14. The summed E-state index contributed by atoms with van der Waals surface area (Å²) in [6.07, 6.45) is 4.10. The molecule has 2 nitrogen and oxygen atoms in total. The molecular formula is C8H16O2. The Morgan fingerprint density at radius 1 is 1.40 bits per heavy atom. The second-order valence-corrected chi connectivity index (χ2v) is 2.54. The molecule has 0 saturated carbocycles. The van der Waals surface area contributed by atoms with Gasteiger partial charge in [0, 0.05) is 0 Å². The highest BCUT2D eigenvalue weighted by molar-refractivity contribution is 4.80. The molecule has 2 heteroatoms. The Labute approximate surface area is 62.2 Å². The fraction of sp³-hybridized carbons (Fsp3) is 0.750. The average molecular weight is 144 g/mol. The van der Waals surface area contributed by atoms with Crippen LogP contribution in [0.25, 0.3) is 0 Å². The smallest absolute Gasteiger partial charge is 0.0599 e. The predicted octanol–water partition coefficient (Wildman–Crippen LogP) is 1.08. The zero-order valence-electron chi connectivity index (χ0n) is 6.62. The topological polar surface area (TPSA) is 40.5 Å². The van der Waals surface area contributed by atoms with Crippen LogP contribution in [0, 0.1) is 0 Å². The molecule has 0 bridgehead atoms. The third kappa shape index (κ3) is 5.79. The van der Waals surface area contributed by atoms with Gasteiger partial charge in [-0.3, -0.25) is 0 Å². The van der Waals surface area contributed by atoms with Gasteiger partial charge in [-0.05, 0) is 26.7 Å². The van der Waals surface area contributed by atoms with Crippen molar-refractivity contribution >= 4 is 0 Å². The Bertz CT molecular complexity index is 97.4. The van der Waals surface area contributed by atoms with E-state index >= 15 is 0 Å². The van der Waals surface area contributed by atoms with Gasteiger partial charge in [0.2, 0.25) is 0 Å². The minimum absolute atomic E-state index is 0.392. The zero-order valence-corrected chi connectivity index (χ0v) is 6.62. The molecule has 0 saturated heterocycles. The maximum Gasteiger partial charge on any atom is 0.0599 e. The van der Waals surface area contributed by atoms with Gasteiger partial charge in [-0.25, -0.2) is 0 Å². The normalized spacial score (nSPS) is 17.6. The standard InChI is InChI=1S/C8H16O2/c1-3-4-5-8(10)6-7(2)9/h3-4,7-10H,5-6H2,1-2H3. The molecule has 0 amide bonds. The zero-order chi connectivity index (χ0) is 7.98. The lowest BCUT2D eigenvalue weighted by Crippen LogP contribution is -2.13. The molecule has 2 atom stereocenters. The molecule has 0 fully saturated rings. The summed E-state index contributed by atoms with van der Waals surface area (Å²) < 4.78 is 0. The van der Waals surface area contributed by atoms with E-state index < -0.39 is 12.2 Å². The molecule has 0 aliphatic heterocycles. The highest BCUT2D eigenvalue weighted by Gasteiger charge is 2.04. The Kier molecular flexibility index (Phi) is 5.26. The summed E-state index contributed by atoms with van der Waals surface area (Å²) in [6.45, 7) is 3.59. The van der Waals surface area contributed by atoms with Gasteiger partial charge in [-0.1, -0.05) is 12.2 Å². The largest absolute Gasteiger partial charge is 0.393 e. The summed E-state index contributed by atoms with van der Waals surface area (Å²) in [5.41, 5.74) is 0. The number of aliphatic hydroxyl groups is 2. The van der Waals surface area contributed by atoms with Crippen LogP contribution >= 0.6 is 0 Å². The first-order chi connectivity index (χ1) is 4.66. The maximum absolute atomic E-state index is 9.14. The van der Waals surface area contributed by atoms with E-state index in [0.717, 1.165) is 0 Å². The lowest BCUT2D eigenvalue weighted by molar-refractivity contribution is 0.0924. The van der Waals surface area contributed by atoms with E-state index in [1.54, 1.807) is 6.92 Å². The molecule has 0 aromatic rings. The summed E-state index contributed by atoms with van der Waals surface area (Å²) >= 11 is 0. The quantitative estimate of drug-likeness (QED) is 0.580. The van der Waals surface area contributed by atoms with E-state index in [2.05, 4.69) is 0 Å². The minimum Gasteiger partial charge on any atom is -0.393 e. The van der Waals surface area contributed by atoms with Crippen LogP contribution in [0.3, 0.4) is 0 Å². The Hall–Kier alpha value is -0.340. The third-order valence-corrected chi connectivity index (χ3v) is 1.26. The van der Waals surface area contributed by atoms with Crippen LogP contribution in [0.15, 0.2) is 12.2 Å². The Morgan fingerprint density at radius 2 is 2.00 bits per heavy atom. The molecule has 2 unspecified atom stereocenters. The molecule has 2 N–H and O–H groups in total. The van der Waals surface area contributed by atoms with Crippen molar-refractivity contribution in [3.05, 3.63) is 12.2 Å². The van der Waals surface area contributed by atoms with Gasteiger partial charge in [0.1, 0.15) is 0 Å². The van der Waals surface area contributed by atoms with Crippen molar-refractivity contribution in [2.24, 2.45) is 0 Å². The van der Waals surface area contributed by atoms with Crippen molar-refractivity contribution in [3.63, 3.8) is 0 Å². The van der Waals surface area contributed by atoms with Crippen molar-refractivity contribution in [2.75, 3.05) is 0 Å². The molecule has 0 aliphatic rings. The first kappa shape index (κ1) is 9.66. The highest BCUT2D eigenvalue weighted by Crippen LogP contribution is 2.02. The SMILES string of the molecule is CC=CCC(O)CC(C)O. The summed E-state index contributed by atoms with van der Waals surface area (Å²) in [7, 11) is 0. The van der Waals surface area contributed by atoms with Crippen molar-refractivity contribution in [2.45, 2.75) is 38.9 Å². The van der Waals surface area contributed by atoms with Crippen molar-refractivity contribution in [1.82, 2.24) is 0 Å². The molecule has 0 rings (SSSR count). The molecule has 0 spiro atoms. The lowest BCUT2D eigenvalue weighted by atomic mass is 10.1. The van der Waals surface area contributed by atoms with Crippen LogP contribution in [-0.2, 0) is 0 Å². The summed E-state index contributed by atoms with van der Waals surface area (Å²) in [4.78, 5) is 0. The van der Waals surface area contributed by atoms with E-state index in [9.17, 15) is 0 Å². The second-order valence-electron chi connectivity index (χ2n) is 2.54. The van der Waals surface area contributed by atoms with E-state index in [4.69, 9.17) is 10.2 Å². The molecular weight excluding hydrogens is 128 g/mol. The summed E-state index contributed by atoms with van der Waals surface area (Å²) in [5.74, 6) is 0. The Balaban J connectivity index is 3.33. The second kappa shape index (κ2) is 5.45. The molecule has 0 aliphatic carbocycles. The van der Waals surface area contributed by atoms with Crippen LogP contribution in [0.1, 0.15) is 26.7 Å². The summed E-state index contributed by atoms with van der Waals surface area (Å²) in [6, 6.07) is 0. The minimum atomic E-state index is -0.403. The van der Waals surface area contributed by atoms with Gasteiger partial charge in [0.15, 0.2) is 0 Å². The van der Waals surface area contributed by atoms with Gasteiger partial charge in [-0.2, -0.15) is 0 Å². The van der Waals surface area contributed by atoms with Crippen LogP contribution < -0.4 is 0 Å². The first-order valence-electron chi connectivity index (χ1n) is 3.64. The van der Waals surface area contributed by atoms with Crippen LogP contribution in [0.5, 0.6) is 0 Å². The number of hydrogen-bond acceptors (Lipinski definition) is 2. The fourth-order valence-electron chi connectivity index (χ4n) is 0.783. The Morgan fingerprint density at radius 3 is 2.40 bits per heavy atom.